The molecule has 8 N–H and O–H groups in total. The minimum Gasteiger partial charge on any atom is -0.457 e. The maximum absolute atomic E-state index is 14.1. The number of Topliss-reactive ketones (excluding diaryl/α,β-unsaturated/α-hetero) is 1. The van der Waals surface area contributed by atoms with Crippen LogP contribution < -0.4 is 32.6 Å². The number of benzene rings is 3. The molecule has 206 valence electrons. The van der Waals surface area contributed by atoms with Gasteiger partial charge in [0.2, 0.25) is 0 Å². The van der Waals surface area contributed by atoms with E-state index in [1.54, 1.807) is 25.3 Å². The number of thiophene rings is 1. The van der Waals surface area contributed by atoms with E-state index < -0.39 is 17.4 Å². The lowest BCUT2D eigenvalue weighted by molar-refractivity contribution is -0.124. The summed E-state index contributed by atoms with van der Waals surface area (Å²) in [7, 11) is 1.62. The predicted molar refractivity (Wildman–Crippen MR) is 156 cm³/mol. The second-order valence-electron chi connectivity index (χ2n) is 10.3. The van der Waals surface area contributed by atoms with Gasteiger partial charge in [-0.2, -0.15) is 0 Å². The van der Waals surface area contributed by atoms with Gasteiger partial charge >= 0.3 is 0 Å². The van der Waals surface area contributed by atoms with Crippen LogP contribution in [0, 0.1) is 6.92 Å². The van der Waals surface area contributed by atoms with Crippen molar-refractivity contribution in [1.82, 2.24) is 10.6 Å². The third kappa shape index (κ3) is 4.07. The Balaban J connectivity index is 1.44. The summed E-state index contributed by atoms with van der Waals surface area (Å²) in [4.78, 5) is 28.0. The van der Waals surface area contributed by atoms with Crippen molar-refractivity contribution in [2.75, 3.05) is 25.9 Å². The SMILES string of the molecule is CO[C@@H]1CNC[C@@H]1NC(=O)c1sc2c(N)ccc3c2c1C(N)C(=O)C3(N)c1ccc(Oc2ccccc2)cc1C. The van der Waals surface area contributed by atoms with Crippen LogP contribution in [0.15, 0.2) is 60.7 Å². The van der Waals surface area contributed by atoms with Crippen molar-refractivity contribution >= 4 is 38.8 Å². The van der Waals surface area contributed by atoms with Gasteiger partial charge in [0.25, 0.3) is 5.91 Å². The molecule has 9 nitrogen and oxygen atoms in total. The summed E-state index contributed by atoms with van der Waals surface area (Å²) in [5, 5.41) is 6.94. The molecule has 40 heavy (non-hydrogen) atoms. The molecule has 1 aromatic heterocycles. The van der Waals surface area contributed by atoms with Crippen molar-refractivity contribution in [1.29, 1.82) is 0 Å². The first-order valence-electron chi connectivity index (χ1n) is 13.1. The van der Waals surface area contributed by atoms with Crippen LogP contribution >= 0.6 is 11.3 Å². The van der Waals surface area contributed by atoms with E-state index in [9.17, 15) is 9.59 Å². The Hall–Kier alpha value is -3.80. The van der Waals surface area contributed by atoms with Crippen LogP contribution in [0.3, 0.4) is 0 Å². The van der Waals surface area contributed by atoms with Gasteiger partial charge in [0, 0.05) is 36.8 Å². The minimum absolute atomic E-state index is 0.154. The van der Waals surface area contributed by atoms with Gasteiger partial charge in [0.1, 0.15) is 17.0 Å². The summed E-state index contributed by atoms with van der Waals surface area (Å²) in [6, 6.07) is 17.1. The quantitative estimate of drug-likeness (QED) is 0.227. The summed E-state index contributed by atoms with van der Waals surface area (Å²) in [6.45, 7) is 3.11. The molecule has 1 aliphatic carbocycles. The topological polar surface area (TPSA) is 155 Å². The van der Waals surface area contributed by atoms with Crippen LogP contribution in [-0.4, -0.2) is 44.0 Å². The molecule has 10 heteroatoms. The molecule has 1 fully saturated rings. The molecule has 2 aliphatic rings. The van der Waals surface area contributed by atoms with Gasteiger partial charge in [-0.3, -0.25) is 9.59 Å². The molecule has 0 bridgehead atoms. The molecular formula is C30H31N5O4S. The number of methoxy groups -OCH3 is 1. The summed E-state index contributed by atoms with van der Waals surface area (Å²) >= 11 is 1.23. The van der Waals surface area contributed by atoms with Gasteiger partial charge in [0.05, 0.1) is 27.8 Å². The van der Waals surface area contributed by atoms with Crippen LogP contribution in [-0.2, 0) is 15.1 Å². The fraction of sp³-hybridized carbons (Fsp3) is 0.267. The van der Waals surface area contributed by atoms with Crippen molar-refractivity contribution in [3.63, 3.8) is 0 Å². The first-order chi connectivity index (χ1) is 19.2. The van der Waals surface area contributed by atoms with E-state index in [1.165, 1.54) is 11.3 Å². The van der Waals surface area contributed by atoms with Crippen molar-refractivity contribution in [2.24, 2.45) is 11.5 Å². The Morgan fingerprint density at radius 3 is 2.55 bits per heavy atom. The number of carbonyl (C=O) groups is 2. The van der Waals surface area contributed by atoms with E-state index in [1.807, 2.05) is 49.4 Å². The molecule has 3 aromatic carbocycles. The van der Waals surface area contributed by atoms with Gasteiger partial charge in [0.15, 0.2) is 5.78 Å². The standard InChI is InChI=1S/C30H31N5O4S/c1-15-12-17(39-16-6-4-3-5-7-16)8-9-18(15)30(33)19-10-11-20(31)26-23(19)24(25(32)28(30)36)27(40-26)29(37)35-21-13-34-14-22(21)38-2/h3-12,21-22,25,34H,13-14,31-33H2,1-2H3,(H,35,37)/t21-,22+,25?,30?/m0/s1. The lowest BCUT2D eigenvalue weighted by atomic mass is 9.69. The molecule has 1 aliphatic heterocycles. The maximum Gasteiger partial charge on any atom is 0.262 e. The fourth-order valence-corrected chi connectivity index (χ4v) is 7.08. The number of hydrogen-bond donors (Lipinski definition) is 5. The third-order valence-corrected chi connectivity index (χ3v) is 9.15. The molecule has 4 aromatic rings. The summed E-state index contributed by atoms with van der Waals surface area (Å²) in [6.07, 6.45) is -0.154. The number of para-hydroxylation sites is 1. The van der Waals surface area contributed by atoms with E-state index in [0.29, 0.717) is 61.9 Å². The second kappa shape index (κ2) is 9.99. The number of carbonyl (C=O) groups excluding carboxylic acids is 2. The second-order valence-corrected chi connectivity index (χ2v) is 11.3. The number of ether oxygens (including phenoxy) is 2. The van der Waals surface area contributed by atoms with Crippen LogP contribution in [0.1, 0.15) is 38.0 Å². The number of amides is 1. The third-order valence-electron chi connectivity index (χ3n) is 7.90. The Labute approximate surface area is 235 Å². The number of nitrogen functional groups attached to an aromatic ring is 1. The number of ketones is 1. The summed E-state index contributed by atoms with van der Waals surface area (Å²) in [5.74, 6) is 0.614. The van der Waals surface area contributed by atoms with Crippen LogP contribution in [0.2, 0.25) is 0 Å². The van der Waals surface area contributed by atoms with Gasteiger partial charge in [-0.1, -0.05) is 30.3 Å². The Bertz CT molecular complexity index is 1640. The van der Waals surface area contributed by atoms with E-state index in [4.69, 9.17) is 26.7 Å². The van der Waals surface area contributed by atoms with E-state index in [0.717, 1.165) is 5.56 Å². The first-order valence-corrected chi connectivity index (χ1v) is 13.9. The molecule has 4 atom stereocenters. The molecular weight excluding hydrogens is 526 g/mol. The van der Waals surface area contributed by atoms with Crippen molar-refractivity contribution in [3.05, 3.63) is 87.8 Å². The van der Waals surface area contributed by atoms with Crippen LogP contribution in [0.4, 0.5) is 5.69 Å². The highest BCUT2D eigenvalue weighted by Crippen LogP contribution is 2.50. The number of anilines is 1. The van der Waals surface area contributed by atoms with E-state index in [2.05, 4.69) is 10.6 Å². The lowest BCUT2D eigenvalue weighted by Gasteiger charge is -2.37. The number of hydrogen-bond acceptors (Lipinski definition) is 9. The van der Waals surface area contributed by atoms with E-state index >= 15 is 0 Å². The van der Waals surface area contributed by atoms with Crippen molar-refractivity contribution < 1.29 is 19.1 Å². The molecule has 1 saturated heterocycles. The van der Waals surface area contributed by atoms with Gasteiger partial charge in [-0.15, -0.1) is 11.3 Å². The van der Waals surface area contributed by atoms with Crippen LogP contribution in [0.25, 0.3) is 10.1 Å². The summed E-state index contributed by atoms with van der Waals surface area (Å²) in [5.41, 5.74) is 21.5. The monoisotopic (exact) mass is 557 g/mol. The van der Waals surface area contributed by atoms with Gasteiger partial charge < -0.3 is 37.3 Å². The highest BCUT2D eigenvalue weighted by atomic mass is 32.1. The lowest BCUT2D eigenvalue weighted by Crippen LogP contribution is -2.53. The Morgan fingerprint density at radius 1 is 1.07 bits per heavy atom. The normalized spacial score (nSPS) is 23.9. The maximum atomic E-state index is 14.1. The molecule has 6 rings (SSSR count). The average Bonchev–Trinajstić information content (AvgIpc) is 3.57. The van der Waals surface area contributed by atoms with Crippen molar-refractivity contribution in [2.45, 2.75) is 30.7 Å². The smallest absolute Gasteiger partial charge is 0.262 e. The number of rotatable bonds is 6. The zero-order chi connectivity index (χ0) is 28.2. The Kier molecular flexibility index (Phi) is 6.60. The predicted octanol–water partition coefficient (Wildman–Crippen LogP) is 3.09. The zero-order valence-corrected chi connectivity index (χ0v) is 23.0. The molecule has 2 heterocycles. The number of nitrogens with two attached hydrogens (primary N) is 3. The minimum atomic E-state index is -1.54. The fourth-order valence-electron chi connectivity index (χ4n) is 5.87. The number of nitrogens with one attached hydrogen (secondary N) is 2. The van der Waals surface area contributed by atoms with E-state index in [-0.39, 0.29) is 18.1 Å². The van der Waals surface area contributed by atoms with Crippen molar-refractivity contribution in [3.8, 4) is 11.5 Å². The van der Waals surface area contributed by atoms with Gasteiger partial charge in [-0.25, -0.2) is 0 Å². The highest BCUT2D eigenvalue weighted by Gasteiger charge is 2.49. The van der Waals surface area contributed by atoms with Crippen LogP contribution in [0.5, 0.6) is 11.5 Å². The first kappa shape index (κ1) is 26.4. The molecule has 0 radical (unpaired) electrons. The Morgan fingerprint density at radius 2 is 1.82 bits per heavy atom. The zero-order valence-electron chi connectivity index (χ0n) is 22.2. The molecule has 1 amide bonds. The largest absolute Gasteiger partial charge is 0.457 e. The summed E-state index contributed by atoms with van der Waals surface area (Å²) < 4.78 is 12.2. The highest BCUT2D eigenvalue weighted by molar-refractivity contribution is 7.21. The molecule has 2 unspecified atom stereocenters. The average molecular weight is 558 g/mol. The number of aryl methyl sites for hydroxylation is 1. The molecule has 0 spiro atoms. The molecule has 0 saturated carbocycles. The van der Waals surface area contributed by atoms with Gasteiger partial charge in [-0.05, 0) is 53.9 Å².